The summed E-state index contributed by atoms with van der Waals surface area (Å²) < 4.78 is 2.23. The van der Waals surface area contributed by atoms with Gasteiger partial charge in [-0.05, 0) is 58.5 Å². The highest BCUT2D eigenvalue weighted by Crippen LogP contribution is 2.33. The number of piperidine rings is 1. The minimum atomic E-state index is -0.871. The Balaban J connectivity index is 1.86. The average Bonchev–Trinajstić information content (AvgIpc) is 2.86. The Labute approximate surface area is 132 Å². The first-order valence-corrected chi connectivity index (χ1v) is 8.54. The van der Waals surface area contributed by atoms with Crippen LogP contribution in [0.4, 0.5) is 0 Å². The lowest BCUT2D eigenvalue weighted by atomic mass is 9.94. The molecule has 3 rings (SSSR count). The number of hydrogen-bond acceptors (Lipinski definition) is 3. The molecule has 2 aliphatic rings. The van der Waals surface area contributed by atoms with Gasteiger partial charge in [-0.3, -0.25) is 0 Å². The van der Waals surface area contributed by atoms with E-state index >= 15 is 0 Å². The van der Waals surface area contributed by atoms with E-state index in [2.05, 4.69) is 35.2 Å². The van der Waals surface area contributed by atoms with Crippen molar-refractivity contribution in [3.05, 3.63) is 17.2 Å². The number of imidazole rings is 1. The first-order valence-electron chi connectivity index (χ1n) is 8.54. The van der Waals surface area contributed by atoms with Crippen LogP contribution in [0.3, 0.4) is 0 Å². The zero-order valence-electron chi connectivity index (χ0n) is 13.9. The number of carbonyl (C=O) groups is 1. The molecular weight excluding hydrogens is 278 g/mol. The molecule has 1 atom stereocenters. The van der Waals surface area contributed by atoms with Gasteiger partial charge in [-0.1, -0.05) is 6.92 Å². The van der Waals surface area contributed by atoms with Crippen LogP contribution < -0.4 is 0 Å². The lowest BCUT2D eigenvalue weighted by Crippen LogP contribution is -2.38. The lowest BCUT2D eigenvalue weighted by Gasteiger charge is -2.35. The predicted molar refractivity (Wildman–Crippen MR) is 85.4 cm³/mol. The Morgan fingerprint density at radius 1 is 1.27 bits per heavy atom. The maximum atomic E-state index is 11.5. The summed E-state index contributed by atoms with van der Waals surface area (Å²) in [6.45, 7) is 9.82. The number of likely N-dealkylation sites (tertiary alicyclic amines) is 1. The third-order valence-electron chi connectivity index (χ3n) is 5.30. The molecule has 22 heavy (non-hydrogen) atoms. The highest BCUT2D eigenvalue weighted by molar-refractivity contribution is 5.87. The van der Waals surface area contributed by atoms with Gasteiger partial charge < -0.3 is 14.6 Å². The maximum Gasteiger partial charge on any atom is 0.356 e. The fourth-order valence-corrected chi connectivity index (χ4v) is 3.91. The molecule has 5 nitrogen and oxygen atoms in total. The summed E-state index contributed by atoms with van der Waals surface area (Å²) in [4.78, 5) is 18.6. The van der Waals surface area contributed by atoms with E-state index in [1.54, 1.807) is 0 Å². The minimum absolute atomic E-state index is 0.299. The topological polar surface area (TPSA) is 58.4 Å². The number of aromatic carboxylic acids is 1. The SMILES string of the molecule is CC1CCc2c(C(=O)O)nc(C3CCN(C(C)C)CC3)n2C1. The van der Waals surface area contributed by atoms with Crippen molar-refractivity contribution in [3.8, 4) is 0 Å². The van der Waals surface area contributed by atoms with Crippen molar-refractivity contribution < 1.29 is 9.90 Å². The van der Waals surface area contributed by atoms with Crippen LogP contribution in [0.2, 0.25) is 0 Å². The Kier molecular flexibility index (Phi) is 4.26. The van der Waals surface area contributed by atoms with Gasteiger partial charge in [-0.25, -0.2) is 9.78 Å². The molecule has 5 heteroatoms. The highest BCUT2D eigenvalue weighted by atomic mass is 16.4. The molecule has 0 aromatic carbocycles. The van der Waals surface area contributed by atoms with Crippen molar-refractivity contribution in [2.75, 3.05) is 13.1 Å². The molecule has 0 aliphatic carbocycles. The van der Waals surface area contributed by atoms with E-state index in [1.807, 2.05) is 0 Å². The molecular formula is C17H27N3O2. The third-order valence-corrected chi connectivity index (χ3v) is 5.30. The van der Waals surface area contributed by atoms with Gasteiger partial charge in [0.1, 0.15) is 5.82 Å². The Morgan fingerprint density at radius 2 is 1.95 bits per heavy atom. The minimum Gasteiger partial charge on any atom is -0.476 e. The standard InChI is InChI=1S/C17H27N3O2/c1-11(2)19-8-6-13(7-9-19)16-18-15(17(21)22)14-5-4-12(3)10-20(14)16/h11-13H,4-10H2,1-3H3,(H,21,22). The molecule has 0 amide bonds. The quantitative estimate of drug-likeness (QED) is 0.933. The normalized spacial score (nSPS) is 23.7. The van der Waals surface area contributed by atoms with Crippen LogP contribution in [-0.4, -0.2) is 44.7 Å². The summed E-state index contributed by atoms with van der Waals surface area (Å²) in [5.41, 5.74) is 1.25. The molecule has 0 radical (unpaired) electrons. The van der Waals surface area contributed by atoms with E-state index in [0.29, 0.717) is 23.6 Å². The van der Waals surface area contributed by atoms with E-state index in [4.69, 9.17) is 0 Å². The lowest BCUT2D eigenvalue weighted by molar-refractivity contribution is 0.0689. The number of carboxylic acids is 1. The number of hydrogen-bond donors (Lipinski definition) is 1. The summed E-state index contributed by atoms with van der Waals surface area (Å²) >= 11 is 0. The van der Waals surface area contributed by atoms with Crippen LogP contribution in [0.5, 0.6) is 0 Å². The van der Waals surface area contributed by atoms with Crippen molar-refractivity contribution in [1.82, 2.24) is 14.5 Å². The Morgan fingerprint density at radius 3 is 2.55 bits per heavy atom. The van der Waals surface area contributed by atoms with Gasteiger partial charge in [0.15, 0.2) is 5.69 Å². The largest absolute Gasteiger partial charge is 0.476 e. The number of fused-ring (bicyclic) bond motifs is 1. The number of carboxylic acid groups (broad SMARTS) is 1. The van der Waals surface area contributed by atoms with Gasteiger partial charge in [-0.15, -0.1) is 0 Å². The highest BCUT2D eigenvalue weighted by Gasteiger charge is 2.31. The monoisotopic (exact) mass is 305 g/mol. The predicted octanol–water partition coefficient (Wildman–Crippen LogP) is 2.75. The second kappa shape index (κ2) is 6.03. The molecule has 3 heterocycles. The van der Waals surface area contributed by atoms with Crippen LogP contribution in [0.25, 0.3) is 0 Å². The summed E-state index contributed by atoms with van der Waals surface area (Å²) in [7, 11) is 0. The van der Waals surface area contributed by atoms with E-state index in [1.165, 1.54) is 0 Å². The molecule has 1 saturated heterocycles. The maximum absolute atomic E-state index is 11.5. The van der Waals surface area contributed by atoms with E-state index in [0.717, 1.165) is 56.8 Å². The van der Waals surface area contributed by atoms with Crippen LogP contribution in [0, 0.1) is 5.92 Å². The van der Waals surface area contributed by atoms with Crippen molar-refractivity contribution in [2.45, 2.75) is 65.0 Å². The fraction of sp³-hybridized carbons (Fsp3) is 0.765. The molecule has 1 N–H and O–H groups in total. The van der Waals surface area contributed by atoms with Crippen molar-refractivity contribution in [3.63, 3.8) is 0 Å². The Bertz CT molecular complexity index is 556. The summed E-state index contributed by atoms with van der Waals surface area (Å²) in [5.74, 6) is 1.18. The second-order valence-corrected chi connectivity index (χ2v) is 7.23. The van der Waals surface area contributed by atoms with Crippen LogP contribution in [0.1, 0.15) is 68.0 Å². The van der Waals surface area contributed by atoms with Crippen LogP contribution in [0.15, 0.2) is 0 Å². The van der Waals surface area contributed by atoms with E-state index in [-0.39, 0.29) is 0 Å². The smallest absolute Gasteiger partial charge is 0.356 e. The van der Waals surface area contributed by atoms with E-state index in [9.17, 15) is 9.90 Å². The fourth-order valence-electron chi connectivity index (χ4n) is 3.91. The molecule has 1 aromatic rings. The summed E-state index contributed by atoms with van der Waals surface area (Å²) in [6, 6.07) is 0.588. The van der Waals surface area contributed by atoms with Gasteiger partial charge in [0, 0.05) is 18.5 Å². The zero-order chi connectivity index (χ0) is 15.9. The first kappa shape index (κ1) is 15.5. The zero-order valence-corrected chi connectivity index (χ0v) is 13.9. The third kappa shape index (κ3) is 2.78. The van der Waals surface area contributed by atoms with Crippen molar-refractivity contribution in [1.29, 1.82) is 0 Å². The number of aromatic nitrogens is 2. The van der Waals surface area contributed by atoms with Crippen molar-refractivity contribution in [2.24, 2.45) is 5.92 Å². The second-order valence-electron chi connectivity index (χ2n) is 7.23. The molecule has 2 aliphatic heterocycles. The summed E-state index contributed by atoms with van der Waals surface area (Å²) in [6.07, 6.45) is 4.09. The molecule has 0 saturated carbocycles. The van der Waals surface area contributed by atoms with Crippen LogP contribution in [-0.2, 0) is 13.0 Å². The van der Waals surface area contributed by atoms with Gasteiger partial charge in [0.2, 0.25) is 0 Å². The number of nitrogens with zero attached hydrogens (tertiary/aromatic N) is 3. The molecule has 0 bridgehead atoms. The van der Waals surface area contributed by atoms with Gasteiger partial charge in [-0.2, -0.15) is 0 Å². The average molecular weight is 305 g/mol. The first-order chi connectivity index (χ1) is 10.5. The van der Waals surface area contributed by atoms with E-state index < -0.39 is 5.97 Å². The molecule has 1 aromatic heterocycles. The summed E-state index contributed by atoms with van der Waals surface area (Å²) in [5, 5.41) is 9.45. The Hall–Kier alpha value is -1.36. The number of rotatable bonds is 3. The molecule has 0 spiro atoms. The van der Waals surface area contributed by atoms with Gasteiger partial charge >= 0.3 is 5.97 Å². The van der Waals surface area contributed by atoms with Crippen molar-refractivity contribution >= 4 is 5.97 Å². The van der Waals surface area contributed by atoms with Gasteiger partial charge in [0.05, 0.1) is 5.69 Å². The molecule has 1 unspecified atom stereocenters. The molecule has 1 fully saturated rings. The molecule has 122 valence electrons. The van der Waals surface area contributed by atoms with Gasteiger partial charge in [0.25, 0.3) is 0 Å². The van der Waals surface area contributed by atoms with Crippen LogP contribution >= 0.6 is 0 Å².